The Balaban J connectivity index is 2.61. The smallest absolute Gasteiger partial charge is 0.144 e. The second kappa shape index (κ2) is 6.48. The van der Waals surface area contributed by atoms with Crippen LogP contribution in [0, 0.1) is 11.7 Å². The predicted molar refractivity (Wildman–Crippen MR) is 70.1 cm³/mol. The van der Waals surface area contributed by atoms with E-state index in [0.717, 1.165) is 12.1 Å². The van der Waals surface area contributed by atoms with Gasteiger partial charge in [-0.15, -0.1) is 0 Å². The molecule has 1 aromatic carbocycles. The fraction of sp³-hybridized carbons (Fsp3) is 0.571. The summed E-state index contributed by atoms with van der Waals surface area (Å²) in [6.07, 6.45) is 2.27. The Labute approximate surface area is 103 Å². The first-order valence-electron chi connectivity index (χ1n) is 6.13. The first-order chi connectivity index (χ1) is 8.02. The van der Waals surface area contributed by atoms with Gasteiger partial charge in [-0.05, 0) is 37.8 Å². The number of benzene rings is 1. The molecule has 17 heavy (non-hydrogen) atoms. The first kappa shape index (κ1) is 13.8. The standard InChI is InChI=1S/C14H22FNO/c1-10(2)5-6-11(3)16-13-8-7-12(15)9-14(13)17-4/h7-11,16H,5-6H2,1-4H3. The molecule has 96 valence electrons. The van der Waals surface area contributed by atoms with Crippen LogP contribution in [0.3, 0.4) is 0 Å². The second-order valence-electron chi connectivity index (χ2n) is 4.86. The van der Waals surface area contributed by atoms with Crippen LogP contribution in [0.5, 0.6) is 5.75 Å². The van der Waals surface area contributed by atoms with Gasteiger partial charge in [0, 0.05) is 12.1 Å². The summed E-state index contributed by atoms with van der Waals surface area (Å²) in [5, 5.41) is 3.35. The van der Waals surface area contributed by atoms with Crippen LogP contribution >= 0.6 is 0 Å². The van der Waals surface area contributed by atoms with Crippen LogP contribution in [0.25, 0.3) is 0 Å². The van der Waals surface area contributed by atoms with Crippen molar-refractivity contribution in [1.82, 2.24) is 0 Å². The number of hydrogen-bond acceptors (Lipinski definition) is 2. The van der Waals surface area contributed by atoms with Gasteiger partial charge >= 0.3 is 0 Å². The van der Waals surface area contributed by atoms with E-state index in [4.69, 9.17) is 4.74 Å². The Hall–Kier alpha value is -1.25. The van der Waals surface area contributed by atoms with Crippen LogP contribution in [-0.4, -0.2) is 13.2 Å². The van der Waals surface area contributed by atoms with Crippen molar-refractivity contribution in [2.45, 2.75) is 39.7 Å². The van der Waals surface area contributed by atoms with Gasteiger partial charge in [-0.1, -0.05) is 13.8 Å². The first-order valence-corrected chi connectivity index (χ1v) is 6.13. The number of rotatable bonds is 6. The van der Waals surface area contributed by atoms with Crippen LogP contribution in [0.15, 0.2) is 18.2 Å². The molecule has 0 aliphatic rings. The van der Waals surface area contributed by atoms with Gasteiger partial charge in [-0.25, -0.2) is 4.39 Å². The molecule has 2 nitrogen and oxygen atoms in total. The van der Waals surface area contributed by atoms with E-state index in [9.17, 15) is 4.39 Å². The average Bonchev–Trinajstić information content (AvgIpc) is 2.28. The zero-order valence-electron chi connectivity index (χ0n) is 11.1. The maximum atomic E-state index is 13.0. The molecule has 0 bridgehead atoms. The van der Waals surface area contributed by atoms with E-state index in [0.29, 0.717) is 17.7 Å². The van der Waals surface area contributed by atoms with Gasteiger partial charge in [0.1, 0.15) is 11.6 Å². The van der Waals surface area contributed by atoms with Crippen molar-refractivity contribution < 1.29 is 9.13 Å². The summed E-state index contributed by atoms with van der Waals surface area (Å²) in [7, 11) is 1.55. The van der Waals surface area contributed by atoms with Crippen molar-refractivity contribution in [3.8, 4) is 5.75 Å². The summed E-state index contributed by atoms with van der Waals surface area (Å²) in [5.41, 5.74) is 0.852. The minimum atomic E-state index is -0.276. The molecule has 0 amide bonds. The largest absolute Gasteiger partial charge is 0.494 e. The highest BCUT2D eigenvalue weighted by Gasteiger charge is 2.08. The monoisotopic (exact) mass is 239 g/mol. The Morgan fingerprint density at radius 1 is 1.24 bits per heavy atom. The summed E-state index contributed by atoms with van der Waals surface area (Å²) >= 11 is 0. The maximum Gasteiger partial charge on any atom is 0.144 e. The number of methoxy groups -OCH3 is 1. The van der Waals surface area contributed by atoms with Gasteiger partial charge in [0.2, 0.25) is 0 Å². The second-order valence-corrected chi connectivity index (χ2v) is 4.86. The fourth-order valence-corrected chi connectivity index (χ4v) is 1.71. The molecule has 0 aliphatic heterocycles. The molecular weight excluding hydrogens is 217 g/mol. The molecule has 1 atom stereocenters. The lowest BCUT2D eigenvalue weighted by Gasteiger charge is -2.18. The number of nitrogens with one attached hydrogen (secondary N) is 1. The molecule has 1 N–H and O–H groups in total. The molecule has 0 saturated heterocycles. The van der Waals surface area contributed by atoms with Crippen LogP contribution in [0.2, 0.25) is 0 Å². The van der Waals surface area contributed by atoms with Gasteiger partial charge < -0.3 is 10.1 Å². The molecule has 0 aromatic heterocycles. The quantitative estimate of drug-likeness (QED) is 0.808. The van der Waals surface area contributed by atoms with Crippen molar-refractivity contribution in [1.29, 1.82) is 0 Å². The van der Waals surface area contributed by atoms with Crippen molar-refractivity contribution in [2.24, 2.45) is 5.92 Å². The molecule has 3 heteroatoms. The zero-order chi connectivity index (χ0) is 12.8. The summed E-state index contributed by atoms with van der Waals surface area (Å²) in [6, 6.07) is 4.93. The number of anilines is 1. The van der Waals surface area contributed by atoms with Crippen molar-refractivity contribution in [3.05, 3.63) is 24.0 Å². The average molecular weight is 239 g/mol. The number of halogens is 1. The van der Waals surface area contributed by atoms with Crippen LogP contribution in [0.4, 0.5) is 10.1 Å². The highest BCUT2D eigenvalue weighted by atomic mass is 19.1. The van der Waals surface area contributed by atoms with E-state index in [1.54, 1.807) is 13.2 Å². The molecule has 0 aliphatic carbocycles. The molecule has 1 unspecified atom stereocenters. The van der Waals surface area contributed by atoms with Gasteiger partial charge in [0.05, 0.1) is 12.8 Å². The van der Waals surface area contributed by atoms with E-state index < -0.39 is 0 Å². The molecule has 1 aromatic rings. The van der Waals surface area contributed by atoms with Gasteiger partial charge in [0.25, 0.3) is 0 Å². The minimum absolute atomic E-state index is 0.276. The third-order valence-corrected chi connectivity index (χ3v) is 2.74. The zero-order valence-corrected chi connectivity index (χ0v) is 11.1. The van der Waals surface area contributed by atoms with Gasteiger partial charge in [0.15, 0.2) is 0 Å². The lowest BCUT2D eigenvalue weighted by atomic mass is 10.0. The van der Waals surface area contributed by atoms with Gasteiger partial charge in [-0.2, -0.15) is 0 Å². The molecule has 0 radical (unpaired) electrons. The summed E-state index contributed by atoms with van der Waals surface area (Å²) in [6.45, 7) is 6.56. The summed E-state index contributed by atoms with van der Waals surface area (Å²) < 4.78 is 18.2. The van der Waals surface area contributed by atoms with E-state index >= 15 is 0 Å². The van der Waals surface area contributed by atoms with Crippen LogP contribution in [-0.2, 0) is 0 Å². The maximum absolute atomic E-state index is 13.0. The van der Waals surface area contributed by atoms with E-state index in [1.807, 2.05) is 0 Å². The molecule has 0 spiro atoms. The molecule has 0 saturated carbocycles. The minimum Gasteiger partial charge on any atom is -0.494 e. The summed E-state index contributed by atoms with van der Waals surface area (Å²) in [4.78, 5) is 0. The molecule has 0 fully saturated rings. The third kappa shape index (κ3) is 4.63. The molecule has 1 rings (SSSR count). The highest BCUT2D eigenvalue weighted by molar-refractivity contribution is 5.56. The van der Waals surface area contributed by atoms with E-state index in [1.165, 1.54) is 18.6 Å². The van der Waals surface area contributed by atoms with Gasteiger partial charge in [-0.3, -0.25) is 0 Å². The molecule has 0 heterocycles. The molecular formula is C14H22FNO. The lowest BCUT2D eigenvalue weighted by molar-refractivity contribution is 0.412. The Bertz CT molecular complexity index is 352. The third-order valence-electron chi connectivity index (χ3n) is 2.74. The van der Waals surface area contributed by atoms with Crippen LogP contribution in [0.1, 0.15) is 33.6 Å². The highest BCUT2D eigenvalue weighted by Crippen LogP contribution is 2.26. The normalized spacial score (nSPS) is 12.6. The summed E-state index contributed by atoms with van der Waals surface area (Å²) in [5.74, 6) is 0.984. The fourth-order valence-electron chi connectivity index (χ4n) is 1.71. The predicted octanol–water partition coefficient (Wildman–Crippen LogP) is 4.07. The van der Waals surface area contributed by atoms with E-state index in [2.05, 4.69) is 26.1 Å². The van der Waals surface area contributed by atoms with Crippen molar-refractivity contribution in [2.75, 3.05) is 12.4 Å². The van der Waals surface area contributed by atoms with Crippen LogP contribution < -0.4 is 10.1 Å². The SMILES string of the molecule is COc1cc(F)ccc1NC(C)CCC(C)C. The van der Waals surface area contributed by atoms with Crippen molar-refractivity contribution in [3.63, 3.8) is 0 Å². The topological polar surface area (TPSA) is 21.3 Å². The van der Waals surface area contributed by atoms with Crippen molar-refractivity contribution >= 4 is 5.69 Å². The Kier molecular flexibility index (Phi) is 5.26. The Morgan fingerprint density at radius 2 is 1.94 bits per heavy atom. The Morgan fingerprint density at radius 3 is 2.53 bits per heavy atom. The van der Waals surface area contributed by atoms with E-state index in [-0.39, 0.29) is 5.82 Å². The number of ether oxygens (including phenoxy) is 1. The lowest BCUT2D eigenvalue weighted by Crippen LogP contribution is -2.16. The number of hydrogen-bond donors (Lipinski definition) is 1.